The maximum absolute atomic E-state index is 13.9. The first-order valence-electron chi connectivity index (χ1n) is 7.70. The van der Waals surface area contributed by atoms with E-state index in [1.807, 2.05) is 30.3 Å². The molecule has 1 saturated heterocycles. The Kier molecular flexibility index (Phi) is 4.57. The van der Waals surface area contributed by atoms with Crippen molar-refractivity contribution in [3.63, 3.8) is 0 Å². The minimum Gasteiger partial charge on any atom is -0.338 e. The Morgan fingerprint density at radius 2 is 1.75 bits per heavy atom. The van der Waals surface area contributed by atoms with Gasteiger partial charge in [0.25, 0.3) is 5.91 Å². The van der Waals surface area contributed by atoms with Gasteiger partial charge in [0.15, 0.2) is 17.5 Å². The normalized spacial score (nSPS) is 20.4. The molecule has 1 fully saturated rings. The van der Waals surface area contributed by atoms with E-state index >= 15 is 0 Å². The lowest BCUT2D eigenvalue weighted by Crippen LogP contribution is -2.30. The van der Waals surface area contributed by atoms with E-state index in [2.05, 4.69) is 0 Å². The number of nitrogens with zero attached hydrogens (tertiary/aromatic N) is 1. The van der Waals surface area contributed by atoms with Gasteiger partial charge in [0.05, 0.1) is 5.56 Å². The smallest absolute Gasteiger partial charge is 0.256 e. The maximum Gasteiger partial charge on any atom is 0.256 e. The lowest BCUT2D eigenvalue weighted by Gasteiger charge is -2.17. The number of carbonyl (C=O) groups excluding carboxylic acids is 1. The van der Waals surface area contributed by atoms with Crippen LogP contribution in [-0.2, 0) is 0 Å². The average molecular weight is 334 g/mol. The number of likely N-dealkylation sites (tertiary alicyclic amines) is 1. The van der Waals surface area contributed by atoms with Gasteiger partial charge >= 0.3 is 0 Å². The van der Waals surface area contributed by atoms with Crippen molar-refractivity contribution in [1.82, 2.24) is 4.90 Å². The number of benzene rings is 2. The van der Waals surface area contributed by atoms with Gasteiger partial charge in [-0.25, -0.2) is 13.2 Å². The molecule has 126 valence electrons. The number of rotatable bonds is 3. The van der Waals surface area contributed by atoms with Crippen molar-refractivity contribution in [3.8, 4) is 0 Å². The monoisotopic (exact) mass is 334 g/mol. The number of amides is 1. The summed E-state index contributed by atoms with van der Waals surface area (Å²) in [7, 11) is 0. The fourth-order valence-corrected chi connectivity index (χ4v) is 3.22. The van der Waals surface area contributed by atoms with Crippen LogP contribution in [0.25, 0.3) is 0 Å². The summed E-state index contributed by atoms with van der Waals surface area (Å²) < 4.78 is 40.3. The SMILES string of the molecule is NC[C@@H]1CN(C(=O)c2ccc(F)c(F)c2F)C[C@H]1c1ccccc1. The fraction of sp³-hybridized carbons (Fsp3) is 0.278. The number of hydrogen-bond acceptors (Lipinski definition) is 2. The van der Waals surface area contributed by atoms with Crippen LogP contribution in [0.2, 0.25) is 0 Å². The molecule has 0 radical (unpaired) electrons. The van der Waals surface area contributed by atoms with Gasteiger partial charge in [0.2, 0.25) is 0 Å². The van der Waals surface area contributed by atoms with Crippen LogP contribution in [0.1, 0.15) is 21.8 Å². The van der Waals surface area contributed by atoms with Crippen molar-refractivity contribution < 1.29 is 18.0 Å². The molecule has 3 rings (SSSR count). The number of halogens is 3. The van der Waals surface area contributed by atoms with Crippen molar-refractivity contribution in [1.29, 1.82) is 0 Å². The molecule has 0 spiro atoms. The van der Waals surface area contributed by atoms with Gasteiger partial charge in [0, 0.05) is 19.0 Å². The zero-order valence-corrected chi connectivity index (χ0v) is 12.9. The van der Waals surface area contributed by atoms with Crippen LogP contribution in [-0.4, -0.2) is 30.4 Å². The van der Waals surface area contributed by atoms with Crippen molar-refractivity contribution in [2.24, 2.45) is 11.7 Å². The van der Waals surface area contributed by atoms with Crippen LogP contribution < -0.4 is 5.73 Å². The highest BCUT2D eigenvalue weighted by atomic mass is 19.2. The Hall–Kier alpha value is -2.34. The summed E-state index contributed by atoms with van der Waals surface area (Å²) in [6.45, 7) is 1.10. The van der Waals surface area contributed by atoms with Crippen LogP contribution in [0, 0.1) is 23.4 Å². The molecular formula is C18H17F3N2O. The lowest BCUT2D eigenvalue weighted by atomic mass is 9.89. The second-order valence-electron chi connectivity index (χ2n) is 5.95. The molecule has 2 atom stereocenters. The number of carbonyl (C=O) groups is 1. The summed E-state index contributed by atoms with van der Waals surface area (Å²) in [4.78, 5) is 14.0. The van der Waals surface area contributed by atoms with Crippen molar-refractivity contribution in [2.75, 3.05) is 19.6 Å². The van der Waals surface area contributed by atoms with Crippen LogP contribution in [0.3, 0.4) is 0 Å². The van der Waals surface area contributed by atoms with Gasteiger partial charge in [-0.3, -0.25) is 4.79 Å². The van der Waals surface area contributed by atoms with Gasteiger partial charge in [-0.05, 0) is 30.2 Å². The van der Waals surface area contributed by atoms with E-state index in [0.717, 1.165) is 17.7 Å². The first kappa shape index (κ1) is 16.5. The molecule has 0 aliphatic carbocycles. The minimum absolute atomic E-state index is 0.0321. The molecule has 1 aliphatic rings. The zero-order chi connectivity index (χ0) is 17.3. The highest BCUT2D eigenvalue weighted by molar-refractivity contribution is 5.94. The van der Waals surface area contributed by atoms with Gasteiger partial charge in [0.1, 0.15) is 0 Å². The van der Waals surface area contributed by atoms with Gasteiger partial charge in [-0.15, -0.1) is 0 Å². The van der Waals surface area contributed by atoms with Crippen molar-refractivity contribution in [3.05, 3.63) is 71.0 Å². The Bertz CT molecular complexity index is 751. The molecule has 1 heterocycles. The standard InChI is InChI=1S/C18H17F3N2O/c19-15-7-6-13(16(20)17(15)21)18(24)23-9-12(8-22)14(10-23)11-4-2-1-3-5-11/h1-7,12,14H,8-10,22H2/t12-,14+/m1/s1. The minimum atomic E-state index is -1.63. The molecule has 0 unspecified atom stereocenters. The summed E-state index contributed by atoms with van der Waals surface area (Å²) in [5.74, 6) is -4.98. The molecule has 3 nitrogen and oxygen atoms in total. The van der Waals surface area contributed by atoms with E-state index in [1.54, 1.807) is 0 Å². The molecule has 24 heavy (non-hydrogen) atoms. The second kappa shape index (κ2) is 6.65. The Balaban J connectivity index is 1.86. The highest BCUT2D eigenvalue weighted by Crippen LogP contribution is 2.33. The molecule has 2 aromatic carbocycles. The second-order valence-corrected chi connectivity index (χ2v) is 5.95. The molecular weight excluding hydrogens is 317 g/mol. The third kappa shape index (κ3) is 2.89. The third-order valence-electron chi connectivity index (χ3n) is 4.52. The van der Waals surface area contributed by atoms with Crippen LogP contribution >= 0.6 is 0 Å². The molecule has 1 aliphatic heterocycles. The Labute approximate surface area is 137 Å². The quantitative estimate of drug-likeness (QED) is 0.878. The topological polar surface area (TPSA) is 46.3 Å². The summed E-state index contributed by atoms with van der Waals surface area (Å²) in [6, 6.07) is 11.4. The van der Waals surface area contributed by atoms with E-state index in [9.17, 15) is 18.0 Å². The van der Waals surface area contributed by atoms with Crippen molar-refractivity contribution >= 4 is 5.91 Å². The van der Waals surface area contributed by atoms with Crippen LogP contribution in [0.5, 0.6) is 0 Å². The third-order valence-corrected chi connectivity index (χ3v) is 4.52. The molecule has 0 aromatic heterocycles. The largest absolute Gasteiger partial charge is 0.338 e. The van der Waals surface area contributed by atoms with Gasteiger partial charge in [-0.1, -0.05) is 30.3 Å². The lowest BCUT2D eigenvalue weighted by molar-refractivity contribution is 0.0780. The summed E-state index contributed by atoms with van der Waals surface area (Å²) in [5.41, 5.74) is 6.41. The molecule has 0 saturated carbocycles. The zero-order valence-electron chi connectivity index (χ0n) is 12.9. The summed E-state index contributed by atoms with van der Waals surface area (Å²) in [6.07, 6.45) is 0. The average Bonchev–Trinajstić information content (AvgIpc) is 3.04. The molecule has 0 bridgehead atoms. The summed E-state index contributed by atoms with van der Waals surface area (Å²) in [5, 5.41) is 0. The molecule has 6 heteroatoms. The van der Waals surface area contributed by atoms with E-state index in [-0.39, 0.29) is 11.8 Å². The van der Waals surface area contributed by atoms with Crippen molar-refractivity contribution in [2.45, 2.75) is 5.92 Å². The van der Waals surface area contributed by atoms with Crippen LogP contribution in [0.15, 0.2) is 42.5 Å². The predicted molar refractivity (Wildman–Crippen MR) is 83.9 cm³/mol. The number of nitrogens with two attached hydrogens (primary N) is 1. The fourth-order valence-electron chi connectivity index (χ4n) is 3.22. The highest BCUT2D eigenvalue weighted by Gasteiger charge is 2.36. The first-order chi connectivity index (χ1) is 11.5. The van der Waals surface area contributed by atoms with E-state index in [0.29, 0.717) is 19.6 Å². The summed E-state index contributed by atoms with van der Waals surface area (Å²) >= 11 is 0. The van der Waals surface area contributed by atoms with Gasteiger partial charge < -0.3 is 10.6 Å². The van der Waals surface area contributed by atoms with Gasteiger partial charge in [-0.2, -0.15) is 0 Å². The predicted octanol–water partition coefficient (Wildman–Crippen LogP) is 2.92. The molecule has 2 N–H and O–H groups in total. The Morgan fingerprint density at radius 3 is 2.42 bits per heavy atom. The van der Waals surface area contributed by atoms with E-state index in [1.165, 1.54) is 4.90 Å². The first-order valence-corrected chi connectivity index (χ1v) is 7.70. The maximum atomic E-state index is 13.9. The number of hydrogen-bond donors (Lipinski definition) is 1. The van der Waals surface area contributed by atoms with E-state index < -0.39 is 28.9 Å². The van der Waals surface area contributed by atoms with E-state index in [4.69, 9.17) is 5.73 Å². The van der Waals surface area contributed by atoms with Crippen LogP contribution in [0.4, 0.5) is 13.2 Å². The molecule has 2 aromatic rings. The Morgan fingerprint density at radius 1 is 1.04 bits per heavy atom. The molecule has 1 amide bonds.